The van der Waals surface area contributed by atoms with Crippen molar-refractivity contribution in [2.75, 3.05) is 19.8 Å². The van der Waals surface area contributed by atoms with E-state index < -0.39 is 0 Å². The second-order valence-corrected chi connectivity index (χ2v) is 8.24. The molecule has 0 aromatic carbocycles. The first-order valence-electron chi connectivity index (χ1n) is 12.5. The lowest BCUT2D eigenvalue weighted by Gasteiger charge is -2.06. The Balaban J connectivity index is 3.13. The first kappa shape index (κ1) is 27.4. The SMILES string of the molecule is CCCCCCCCCCCCOC(=O)CCCOCCCCCCCCC. The van der Waals surface area contributed by atoms with E-state index in [2.05, 4.69) is 13.8 Å². The van der Waals surface area contributed by atoms with Crippen molar-refractivity contribution < 1.29 is 14.3 Å². The summed E-state index contributed by atoms with van der Waals surface area (Å²) >= 11 is 0. The highest BCUT2D eigenvalue weighted by atomic mass is 16.5. The maximum atomic E-state index is 11.7. The first-order valence-corrected chi connectivity index (χ1v) is 12.5. The Morgan fingerprint density at radius 3 is 1.39 bits per heavy atom. The fourth-order valence-electron chi connectivity index (χ4n) is 3.43. The molecule has 28 heavy (non-hydrogen) atoms. The monoisotopic (exact) mass is 398 g/mol. The van der Waals surface area contributed by atoms with Gasteiger partial charge in [0.25, 0.3) is 0 Å². The van der Waals surface area contributed by atoms with E-state index in [-0.39, 0.29) is 5.97 Å². The van der Waals surface area contributed by atoms with E-state index >= 15 is 0 Å². The number of ether oxygens (including phenoxy) is 2. The zero-order valence-electron chi connectivity index (χ0n) is 19.3. The Morgan fingerprint density at radius 1 is 0.500 bits per heavy atom. The second-order valence-electron chi connectivity index (χ2n) is 8.24. The van der Waals surface area contributed by atoms with Crippen LogP contribution in [0.3, 0.4) is 0 Å². The summed E-state index contributed by atoms with van der Waals surface area (Å²) in [5.74, 6) is -0.0598. The van der Waals surface area contributed by atoms with E-state index in [1.165, 1.54) is 96.3 Å². The van der Waals surface area contributed by atoms with Gasteiger partial charge in [0.15, 0.2) is 0 Å². The van der Waals surface area contributed by atoms with Crippen LogP contribution in [0.4, 0.5) is 0 Å². The third kappa shape index (κ3) is 23.5. The molecule has 0 atom stereocenters. The average molecular weight is 399 g/mol. The molecule has 0 aliphatic heterocycles. The second kappa shape index (κ2) is 24.5. The fourth-order valence-corrected chi connectivity index (χ4v) is 3.43. The highest BCUT2D eigenvalue weighted by Gasteiger charge is 2.02. The van der Waals surface area contributed by atoms with Crippen molar-refractivity contribution in [1.29, 1.82) is 0 Å². The number of carbonyl (C=O) groups excluding carboxylic acids is 1. The molecule has 0 radical (unpaired) electrons. The van der Waals surface area contributed by atoms with Gasteiger partial charge in [0.05, 0.1) is 6.61 Å². The number of rotatable bonds is 23. The van der Waals surface area contributed by atoms with Gasteiger partial charge in [0, 0.05) is 19.6 Å². The third-order valence-electron chi connectivity index (χ3n) is 5.32. The quantitative estimate of drug-likeness (QED) is 0.129. The Morgan fingerprint density at radius 2 is 0.893 bits per heavy atom. The van der Waals surface area contributed by atoms with Crippen molar-refractivity contribution in [3.8, 4) is 0 Å². The third-order valence-corrected chi connectivity index (χ3v) is 5.32. The zero-order valence-corrected chi connectivity index (χ0v) is 19.3. The van der Waals surface area contributed by atoms with E-state index in [0.717, 1.165) is 25.9 Å². The topological polar surface area (TPSA) is 35.5 Å². The summed E-state index contributed by atoms with van der Waals surface area (Å²) < 4.78 is 10.9. The van der Waals surface area contributed by atoms with Crippen LogP contribution < -0.4 is 0 Å². The highest BCUT2D eigenvalue weighted by molar-refractivity contribution is 5.69. The molecule has 0 aromatic rings. The standard InChI is InChI=1S/C25H50O3/c1-3-5-7-9-11-12-13-15-17-19-24-28-25(26)21-20-23-27-22-18-16-14-10-8-6-4-2/h3-24H2,1-2H3. The molecule has 0 saturated carbocycles. The maximum Gasteiger partial charge on any atom is 0.305 e. The van der Waals surface area contributed by atoms with E-state index in [4.69, 9.17) is 9.47 Å². The van der Waals surface area contributed by atoms with Crippen molar-refractivity contribution in [3.05, 3.63) is 0 Å². The molecule has 0 aromatic heterocycles. The molecular weight excluding hydrogens is 348 g/mol. The summed E-state index contributed by atoms with van der Waals surface area (Å²) in [7, 11) is 0. The zero-order chi connectivity index (χ0) is 20.5. The average Bonchev–Trinajstić information content (AvgIpc) is 2.70. The van der Waals surface area contributed by atoms with Crippen LogP contribution in [0.5, 0.6) is 0 Å². The molecule has 0 spiro atoms. The van der Waals surface area contributed by atoms with Gasteiger partial charge in [0.2, 0.25) is 0 Å². The van der Waals surface area contributed by atoms with Gasteiger partial charge >= 0.3 is 5.97 Å². The van der Waals surface area contributed by atoms with Gasteiger partial charge in [-0.15, -0.1) is 0 Å². The summed E-state index contributed by atoms with van der Waals surface area (Å²) in [6, 6.07) is 0. The Hall–Kier alpha value is -0.570. The summed E-state index contributed by atoms with van der Waals surface area (Å²) in [4.78, 5) is 11.7. The minimum Gasteiger partial charge on any atom is -0.466 e. The molecule has 0 aliphatic carbocycles. The van der Waals surface area contributed by atoms with Gasteiger partial charge < -0.3 is 9.47 Å². The Labute approximate surface area is 176 Å². The maximum absolute atomic E-state index is 11.7. The summed E-state index contributed by atoms with van der Waals surface area (Å²) in [5.41, 5.74) is 0. The van der Waals surface area contributed by atoms with Crippen LogP contribution in [0.25, 0.3) is 0 Å². The predicted molar refractivity (Wildman–Crippen MR) is 121 cm³/mol. The highest BCUT2D eigenvalue weighted by Crippen LogP contribution is 2.11. The van der Waals surface area contributed by atoms with Crippen LogP contribution >= 0.6 is 0 Å². The minimum atomic E-state index is -0.0598. The van der Waals surface area contributed by atoms with Crippen LogP contribution in [0, 0.1) is 0 Å². The molecule has 0 N–H and O–H groups in total. The largest absolute Gasteiger partial charge is 0.466 e. The van der Waals surface area contributed by atoms with E-state index in [1.807, 2.05) is 0 Å². The molecule has 0 heterocycles. The number of carbonyl (C=O) groups is 1. The summed E-state index contributed by atoms with van der Waals surface area (Å²) in [6.45, 7) is 6.62. The molecule has 0 saturated heterocycles. The number of esters is 1. The van der Waals surface area contributed by atoms with Crippen LogP contribution in [0.1, 0.15) is 136 Å². The van der Waals surface area contributed by atoms with E-state index in [1.54, 1.807) is 0 Å². The lowest BCUT2D eigenvalue weighted by atomic mass is 10.1. The van der Waals surface area contributed by atoms with Crippen molar-refractivity contribution in [3.63, 3.8) is 0 Å². The van der Waals surface area contributed by atoms with Crippen LogP contribution in [0.15, 0.2) is 0 Å². The number of hydrogen-bond donors (Lipinski definition) is 0. The Bertz CT molecular complexity index is 276. The lowest BCUT2D eigenvalue weighted by molar-refractivity contribution is -0.144. The fraction of sp³-hybridized carbons (Fsp3) is 0.960. The normalized spacial score (nSPS) is 11.1. The molecule has 0 aliphatic rings. The molecule has 0 fully saturated rings. The van der Waals surface area contributed by atoms with E-state index in [0.29, 0.717) is 19.6 Å². The molecule has 168 valence electrons. The summed E-state index contributed by atoms with van der Waals surface area (Å²) in [6.07, 6.45) is 23.5. The number of hydrogen-bond acceptors (Lipinski definition) is 3. The molecule has 0 amide bonds. The van der Waals surface area contributed by atoms with Gasteiger partial charge in [-0.05, 0) is 19.3 Å². The predicted octanol–water partition coefficient (Wildman–Crippen LogP) is 8.00. The van der Waals surface area contributed by atoms with Gasteiger partial charge in [-0.25, -0.2) is 0 Å². The molecule has 0 bridgehead atoms. The van der Waals surface area contributed by atoms with Gasteiger partial charge in [-0.1, -0.05) is 110 Å². The molecular formula is C25H50O3. The smallest absolute Gasteiger partial charge is 0.305 e. The Kier molecular flexibility index (Phi) is 24.0. The minimum absolute atomic E-state index is 0.0598. The van der Waals surface area contributed by atoms with Gasteiger partial charge in [-0.3, -0.25) is 4.79 Å². The van der Waals surface area contributed by atoms with E-state index in [9.17, 15) is 4.79 Å². The van der Waals surface area contributed by atoms with Crippen molar-refractivity contribution in [2.24, 2.45) is 0 Å². The van der Waals surface area contributed by atoms with Gasteiger partial charge in [0.1, 0.15) is 0 Å². The van der Waals surface area contributed by atoms with Gasteiger partial charge in [-0.2, -0.15) is 0 Å². The molecule has 3 nitrogen and oxygen atoms in total. The molecule has 0 rings (SSSR count). The van der Waals surface area contributed by atoms with Crippen LogP contribution in [-0.4, -0.2) is 25.8 Å². The molecule has 0 unspecified atom stereocenters. The van der Waals surface area contributed by atoms with Crippen molar-refractivity contribution >= 4 is 5.97 Å². The van der Waals surface area contributed by atoms with Crippen molar-refractivity contribution in [2.45, 2.75) is 136 Å². The van der Waals surface area contributed by atoms with Crippen LogP contribution in [0.2, 0.25) is 0 Å². The summed E-state index contributed by atoms with van der Waals surface area (Å²) in [5, 5.41) is 0. The lowest BCUT2D eigenvalue weighted by Crippen LogP contribution is -2.07. The first-order chi connectivity index (χ1) is 13.8. The molecule has 3 heteroatoms. The van der Waals surface area contributed by atoms with Crippen LogP contribution in [-0.2, 0) is 14.3 Å². The van der Waals surface area contributed by atoms with Crippen molar-refractivity contribution in [1.82, 2.24) is 0 Å². The number of unbranched alkanes of at least 4 members (excludes halogenated alkanes) is 15.